The van der Waals surface area contributed by atoms with Crippen LogP contribution in [0.15, 0.2) is 0 Å². The van der Waals surface area contributed by atoms with Gasteiger partial charge in [-0.15, -0.1) is 0 Å². The van der Waals surface area contributed by atoms with E-state index < -0.39 is 0 Å². The molecule has 0 heterocycles. The predicted octanol–water partition coefficient (Wildman–Crippen LogP) is 2.62. The number of rotatable bonds is 1. The minimum atomic E-state index is -0.00137. The summed E-state index contributed by atoms with van der Waals surface area (Å²) in [7, 11) is 1.41. The predicted molar refractivity (Wildman–Crippen MR) is 66.5 cm³/mol. The third kappa shape index (κ3) is 1.80. The summed E-state index contributed by atoms with van der Waals surface area (Å²) >= 11 is 4.03. The molecule has 0 fully saturated rings. The average molecular weight is 406 g/mol. The molecule has 1 aromatic rings. The van der Waals surface area contributed by atoms with Crippen molar-refractivity contribution < 1.29 is 14.9 Å². The van der Waals surface area contributed by atoms with E-state index in [1.54, 1.807) is 0 Å². The van der Waals surface area contributed by atoms with Crippen LogP contribution in [0.25, 0.3) is 0 Å². The Balaban J connectivity index is 3.56. The SMILES string of the molecule is COc1c(O)c(I)c(C)c(I)c1O. The van der Waals surface area contributed by atoms with Crippen molar-refractivity contribution in [2.24, 2.45) is 0 Å². The summed E-state index contributed by atoms with van der Waals surface area (Å²) < 4.78 is 6.29. The number of benzene rings is 1. The summed E-state index contributed by atoms with van der Waals surface area (Å²) in [5.74, 6) is 0.136. The van der Waals surface area contributed by atoms with Crippen LogP contribution in [0.3, 0.4) is 0 Å². The summed E-state index contributed by atoms with van der Waals surface area (Å²) in [6.45, 7) is 1.84. The van der Waals surface area contributed by atoms with E-state index >= 15 is 0 Å². The van der Waals surface area contributed by atoms with Crippen LogP contribution in [0.4, 0.5) is 0 Å². The fourth-order valence-corrected chi connectivity index (χ4v) is 2.50. The molecule has 5 heteroatoms. The van der Waals surface area contributed by atoms with Crippen LogP contribution in [0.5, 0.6) is 17.2 Å². The van der Waals surface area contributed by atoms with E-state index in [0.717, 1.165) is 5.56 Å². The van der Waals surface area contributed by atoms with E-state index in [9.17, 15) is 10.2 Å². The fourth-order valence-electron chi connectivity index (χ4n) is 0.956. The Morgan fingerprint density at radius 2 is 1.46 bits per heavy atom. The molecule has 0 amide bonds. The van der Waals surface area contributed by atoms with Crippen molar-refractivity contribution in [1.29, 1.82) is 0 Å². The number of halogens is 2. The molecule has 0 saturated heterocycles. The zero-order valence-corrected chi connectivity index (χ0v) is 11.4. The summed E-state index contributed by atoms with van der Waals surface area (Å²) in [5, 5.41) is 19.2. The molecule has 1 aromatic carbocycles. The molecule has 0 radical (unpaired) electrons. The second-order valence-corrected chi connectivity index (χ2v) is 4.64. The minimum absolute atomic E-state index is 0.00137. The number of hydrogen-bond acceptors (Lipinski definition) is 3. The van der Waals surface area contributed by atoms with Crippen LogP contribution in [0.1, 0.15) is 5.56 Å². The normalized spacial score (nSPS) is 10.2. The number of phenolic OH excluding ortho intramolecular Hbond substituents is 2. The lowest BCUT2D eigenvalue weighted by Crippen LogP contribution is -1.93. The minimum Gasteiger partial charge on any atom is -0.503 e. The molecule has 72 valence electrons. The van der Waals surface area contributed by atoms with Gasteiger partial charge in [-0.2, -0.15) is 0 Å². The van der Waals surface area contributed by atoms with E-state index in [4.69, 9.17) is 4.74 Å². The van der Waals surface area contributed by atoms with Gasteiger partial charge < -0.3 is 14.9 Å². The molecule has 0 saturated carbocycles. The van der Waals surface area contributed by atoms with Gasteiger partial charge in [0.05, 0.1) is 14.3 Å². The topological polar surface area (TPSA) is 49.7 Å². The van der Waals surface area contributed by atoms with Crippen molar-refractivity contribution in [2.45, 2.75) is 6.92 Å². The first-order chi connectivity index (χ1) is 6.00. The van der Waals surface area contributed by atoms with Crippen LogP contribution in [-0.4, -0.2) is 17.3 Å². The quantitative estimate of drug-likeness (QED) is 0.706. The first-order valence-electron chi connectivity index (χ1n) is 3.44. The van der Waals surface area contributed by atoms with Crippen molar-refractivity contribution in [3.63, 3.8) is 0 Å². The van der Waals surface area contributed by atoms with E-state index in [2.05, 4.69) is 0 Å². The van der Waals surface area contributed by atoms with Gasteiger partial charge in [0.2, 0.25) is 5.75 Å². The molecular formula is C8H8I2O3. The number of phenols is 2. The molecule has 0 atom stereocenters. The molecule has 3 nitrogen and oxygen atoms in total. The molecular weight excluding hydrogens is 398 g/mol. The molecule has 0 aliphatic rings. The molecule has 2 N–H and O–H groups in total. The van der Waals surface area contributed by atoms with Crippen LogP contribution < -0.4 is 4.74 Å². The monoisotopic (exact) mass is 406 g/mol. The van der Waals surface area contributed by atoms with E-state index in [0.29, 0.717) is 7.14 Å². The average Bonchev–Trinajstić information content (AvgIpc) is 2.13. The van der Waals surface area contributed by atoms with Crippen LogP contribution in [0.2, 0.25) is 0 Å². The summed E-state index contributed by atoms with van der Waals surface area (Å²) in [6, 6.07) is 0. The number of aromatic hydroxyl groups is 2. The van der Waals surface area contributed by atoms with Gasteiger partial charge in [-0.25, -0.2) is 0 Å². The largest absolute Gasteiger partial charge is 0.503 e. The highest BCUT2D eigenvalue weighted by Crippen LogP contribution is 2.44. The summed E-state index contributed by atoms with van der Waals surface area (Å²) in [4.78, 5) is 0. The Labute approximate surface area is 103 Å². The van der Waals surface area contributed by atoms with Gasteiger partial charge in [0, 0.05) is 0 Å². The molecule has 0 aliphatic heterocycles. The smallest absolute Gasteiger partial charge is 0.205 e. The van der Waals surface area contributed by atoms with E-state index in [-0.39, 0.29) is 17.2 Å². The van der Waals surface area contributed by atoms with Gasteiger partial charge in [-0.3, -0.25) is 0 Å². The number of methoxy groups -OCH3 is 1. The highest BCUT2D eigenvalue weighted by Gasteiger charge is 2.18. The standard InChI is InChI=1S/C8H8I2O3/c1-3-4(9)6(11)8(13-2)7(12)5(3)10/h11-12H,1-2H3. The molecule has 0 unspecified atom stereocenters. The van der Waals surface area contributed by atoms with Gasteiger partial charge in [-0.05, 0) is 57.7 Å². The van der Waals surface area contributed by atoms with Gasteiger partial charge in [0.25, 0.3) is 0 Å². The van der Waals surface area contributed by atoms with Gasteiger partial charge in [0.15, 0.2) is 11.5 Å². The second kappa shape index (κ2) is 4.07. The van der Waals surface area contributed by atoms with E-state index in [1.807, 2.05) is 52.1 Å². The Morgan fingerprint density at radius 3 is 1.77 bits per heavy atom. The van der Waals surface area contributed by atoms with Crippen molar-refractivity contribution in [1.82, 2.24) is 0 Å². The third-order valence-corrected chi connectivity index (χ3v) is 4.35. The zero-order chi connectivity index (χ0) is 10.2. The summed E-state index contributed by atoms with van der Waals surface area (Å²) in [5.41, 5.74) is 0.858. The Bertz CT molecular complexity index is 321. The lowest BCUT2D eigenvalue weighted by Gasteiger charge is -2.12. The number of hydrogen-bond donors (Lipinski definition) is 2. The zero-order valence-electron chi connectivity index (χ0n) is 7.06. The Morgan fingerprint density at radius 1 is 1.08 bits per heavy atom. The van der Waals surface area contributed by atoms with Crippen molar-refractivity contribution in [3.8, 4) is 17.2 Å². The van der Waals surface area contributed by atoms with Crippen LogP contribution in [-0.2, 0) is 0 Å². The maximum Gasteiger partial charge on any atom is 0.205 e. The molecule has 0 aromatic heterocycles. The highest BCUT2D eigenvalue weighted by atomic mass is 127. The second-order valence-electron chi connectivity index (χ2n) is 2.48. The number of ether oxygens (including phenoxy) is 1. The molecule has 0 bridgehead atoms. The van der Waals surface area contributed by atoms with Crippen LogP contribution >= 0.6 is 45.2 Å². The first-order valence-corrected chi connectivity index (χ1v) is 5.60. The third-order valence-electron chi connectivity index (χ3n) is 1.71. The van der Waals surface area contributed by atoms with Crippen LogP contribution in [0, 0.1) is 14.1 Å². The maximum absolute atomic E-state index is 9.59. The lowest BCUT2D eigenvalue weighted by molar-refractivity contribution is 0.341. The first kappa shape index (κ1) is 11.2. The van der Waals surface area contributed by atoms with Gasteiger partial charge in [0.1, 0.15) is 0 Å². The van der Waals surface area contributed by atoms with Crippen molar-refractivity contribution in [3.05, 3.63) is 12.7 Å². The van der Waals surface area contributed by atoms with Crippen molar-refractivity contribution >= 4 is 45.2 Å². The maximum atomic E-state index is 9.59. The van der Waals surface area contributed by atoms with E-state index in [1.165, 1.54) is 7.11 Å². The Kier molecular flexibility index (Phi) is 3.50. The van der Waals surface area contributed by atoms with Gasteiger partial charge in [-0.1, -0.05) is 0 Å². The molecule has 0 spiro atoms. The molecule has 13 heavy (non-hydrogen) atoms. The molecule has 1 rings (SSSR count). The molecule has 0 aliphatic carbocycles. The Hall–Kier alpha value is 0.0800. The fraction of sp³-hybridized carbons (Fsp3) is 0.250. The highest BCUT2D eigenvalue weighted by molar-refractivity contribution is 14.1. The lowest BCUT2D eigenvalue weighted by atomic mass is 10.2. The van der Waals surface area contributed by atoms with Gasteiger partial charge >= 0.3 is 0 Å². The van der Waals surface area contributed by atoms with Crippen molar-refractivity contribution in [2.75, 3.05) is 7.11 Å². The summed E-state index contributed by atoms with van der Waals surface area (Å²) in [6.07, 6.45) is 0.